The topological polar surface area (TPSA) is 76.9 Å². The Hall–Kier alpha value is -3.36. The Bertz CT molecular complexity index is 1090. The van der Waals surface area contributed by atoms with Crippen molar-refractivity contribution in [1.82, 2.24) is 14.7 Å². The van der Waals surface area contributed by atoms with Crippen LogP contribution in [0.2, 0.25) is 0 Å². The second-order valence-corrected chi connectivity index (χ2v) is 7.84. The van der Waals surface area contributed by atoms with Crippen LogP contribution in [0.1, 0.15) is 48.2 Å². The number of ether oxygens (including phenoxy) is 2. The van der Waals surface area contributed by atoms with E-state index in [2.05, 4.69) is 15.6 Å². The maximum atomic E-state index is 13.0. The van der Waals surface area contributed by atoms with Crippen LogP contribution in [0.3, 0.4) is 0 Å². The summed E-state index contributed by atoms with van der Waals surface area (Å²) in [4.78, 5) is 16.7. The Balaban J connectivity index is 1.36. The zero-order valence-corrected chi connectivity index (χ0v) is 18.0. The summed E-state index contributed by atoms with van der Waals surface area (Å²) in [6.07, 6.45) is 2.07. The van der Waals surface area contributed by atoms with Crippen LogP contribution in [0.15, 0.2) is 42.6 Å². The Morgan fingerprint density at radius 3 is 2.53 bits per heavy atom. The molecular weight excluding hydrogens is 418 g/mol. The number of fused-ring (bicyclic) bond motifs is 1. The lowest BCUT2D eigenvalue weighted by Crippen LogP contribution is -2.40. The first-order valence-electron chi connectivity index (χ1n) is 10.5. The van der Waals surface area contributed by atoms with Crippen molar-refractivity contribution >= 4 is 17.4 Å². The Morgan fingerprint density at radius 1 is 1.09 bits per heavy atom. The molecule has 9 heteroatoms. The van der Waals surface area contributed by atoms with Crippen LogP contribution in [0, 0.1) is 0 Å². The summed E-state index contributed by atoms with van der Waals surface area (Å²) in [7, 11) is 3.08. The van der Waals surface area contributed by atoms with Gasteiger partial charge in [0.2, 0.25) is 0 Å². The van der Waals surface area contributed by atoms with Crippen molar-refractivity contribution in [3.8, 4) is 11.5 Å². The highest BCUT2D eigenvalue weighted by Crippen LogP contribution is 2.27. The SMILES string of the molecule is COc1ccc(C(=O)NC2CCC(Nc3cccc4nc(C(F)F)cn34)CC2)c(OC)c1. The number of nitrogens with zero attached hydrogens (tertiary/aromatic N) is 2. The maximum Gasteiger partial charge on any atom is 0.281 e. The lowest BCUT2D eigenvalue weighted by atomic mass is 9.91. The lowest BCUT2D eigenvalue weighted by Gasteiger charge is -2.30. The highest BCUT2D eigenvalue weighted by Gasteiger charge is 2.24. The maximum absolute atomic E-state index is 13.0. The van der Waals surface area contributed by atoms with Gasteiger partial charge in [-0.2, -0.15) is 0 Å². The molecule has 3 aromatic rings. The first kappa shape index (κ1) is 21.9. The molecule has 0 radical (unpaired) electrons. The summed E-state index contributed by atoms with van der Waals surface area (Å²) in [5.41, 5.74) is 0.717. The van der Waals surface area contributed by atoms with Gasteiger partial charge in [-0.3, -0.25) is 9.20 Å². The second kappa shape index (κ2) is 9.42. The van der Waals surface area contributed by atoms with Crippen molar-refractivity contribution < 1.29 is 23.0 Å². The van der Waals surface area contributed by atoms with E-state index in [0.29, 0.717) is 22.7 Å². The molecule has 1 fully saturated rings. The molecule has 4 rings (SSSR count). The molecule has 1 aliphatic rings. The van der Waals surface area contributed by atoms with E-state index in [-0.39, 0.29) is 23.7 Å². The van der Waals surface area contributed by atoms with Gasteiger partial charge in [-0.25, -0.2) is 13.8 Å². The Kier molecular flexibility index (Phi) is 6.43. The zero-order valence-electron chi connectivity index (χ0n) is 18.0. The van der Waals surface area contributed by atoms with Crippen LogP contribution >= 0.6 is 0 Å². The van der Waals surface area contributed by atoms with Crippen LogP contribution < -0.4 is 20.1 Å². The van der Waals surface area contributed by atoms with Gasteiger partial charge in [0.1, 0.15) is 28.7 Å². The molecule has 1 amide bonds. The van der Waals surface area contributed by atoms with E-state index in [4.69, 9.17) is 9.47 Å². The molecular formula is C23H26F2N4O3. The molecule has 0 saturated heterocycles. The molecule has 0 atom stereocenters. The largest absolute Gasteiger partial charge is 0.497 e. The molecule has 1 aliphatic carbocycles. The number of halogens is 2. The molecule has 170 valence electrons. The van der Waals surface area contributed by atoms with Gasteiger partial charge in [0.05, 0.1) is 19.8 Å². The number of carbonyl (C=O) groups excluding carboxylic acids is 1. The van der Waals surface area contributed by atoms with Gasteiger partial charge in [0.25, 0.3) is 12.3 Å². The number of benzene rings is 1. The van der Waals surface area contributed by atoms with Crippen molar-refractivity contribution in [2.45, 2.75) is 44.2 Å². The van der Waals surface area contributed by atoms with E-state index in [0.717, 1.165) is 31.5 Å². The van der Waals surface area contributed by atoms with E-state index < -0.39 is 6.43 Å². The molecule has 0 bridgehead atoms. The number of pyridine rings is 1. The third-order valence-corrected chi connectivity index (χ3v) is 5.80. The fourth-order valence-electron chi connectivity index (χ4n) is 4.09. The summed E-state index contributed by atoms with van der Waals surface area (Å²) in [5, 5.41) is 6.54. The molecule has 2 aromatic heterocycles. The number of carbonyl (C=O) groups is 1. The van der Waals surface area contributed by atoms with E-state index in [9.17, 15) is 13.6 Å². The monoisotopic (exact) mass is 444 g/mol. The van der Waals surface area contributed by atoms with Gasteiger partial charge in [-0.05, 0) is 49.9 Å². The minimum absolute atomic E-state index is 0.0573. The average Bonchev–Trinajstić information content (AvgIpc) is 3.26. The number of anilines is 1. The van der Waals surface area contributed by atoms with Gasteiger partial charge in [-0.15, -0.1) is 0 Å². The number of alkyl halides is 2. The van der Waals surface area contributed by atoms with E-state index >= 15 is 0 Å². The molecule has 32 heavy (non-hydrogen) atoms. The summed E-state index contributed by atoms with van der Waals surface area (Å²) >= 11 is 0. The highest BCUT2D eigenvalue weighted by molar-refractivity contribution is 5.97. The standard InChI is InChI=1S/C23H26F2N4O3/c1-31-16-10-11-17(19(12-16)32-2)23(30)27-15-8-6-14(7-9-15)26-20-4-3-5-21-28-18(22(24)25)13-29(20)21/h3-5,10-15,22,26H,6-9H2,1-2H3,(H,27,30). The molecule has 0 aliphatic heterocycles. The summed E-state index contributed by atoms with van der Waals surface area (Å²) < 4.78 is 38.2. The van der Waals surface area contributed by atoms with Gasteiger partial charge in [0.15, 0.2) is 0 Å². The fourth-order valence-corrected chi connectivity index (χ4v) is 4.09. The third-order valence-electron chi connectivity index (χ3n) is 5.80. The number of rotatable bonds is 7. The van der Waals surface area contributed by atoms with Crippen LogP contribution in [-0.2, 0) is 0 Å². The smallest absolute Gasteiger partial charge is 0.281 e. The van der Waals surface area contributed by atoms with E-state index in [1.165, 1.54) is 13.3 Å². The molecule has 1 saturated carbocycles. The zero-order chi connectivity index (χ0) is 22.7. The van der Waals surface area contributed by atoms with Gasteiger partial charge < -0.3 is 20.1 Å². The quantitative estimate of drug-likeness (QED) is 0.563. The fraction of sp³-hybridized carbons (Fsp3) is 0.391. The summed E-state index contributed by atoms with van der Waals surface area (Å²) in [6.45, 7) is 0. The Labute approximate surface area is 184 Å². The number of hydrogen-bond acceptors (Lipinski definition) is 5. The predicted octanol–water partition coefficient (Wildman–Crippen LogP) is 4.44. The molecule has 0 unspecified atom stereocenters. The number of imidazole rings is 1. The van der Waals surface area contributed by atoms with Crippen LogP contribution in [0.4, 0.5) is 14.6 Å². The van der Waals surface area contributed by atoms with Crippen molar-refractivity contribution in [3.05, 3.63) is 53.9 Å². The Morgan fingerprint density at radius 2 is 1.84 bits per heavy atom. The highest BCUT2D eigenvalue weighted by atomic mass is 19.3. The minimum atomic E-state index is -2.61. The van der Waals surface area contributed by atoms with Gasteiger partial charge >= 0.3 is 0 Å². The lowest BCUT2D eigenvalue weighted by molar-refractivity contribution is 0.0923. The third kappa shape index (κ3) is 4.61. The van der Waals surface area contributed by atoms with E-state index in [1.54, 1.807) is 41.8 Å². The first-order valence-corrected chi connectivity index (χ1v) is 10.5. The molecule has 2 heterocycles. The second-order valence-electron chi connectivity index (χ2n) is 7.84. The molecule has 0 spiro atoms. The number of methoxy groups -OCH3 is 2. The van der Waals surface area contributed by atoms with Crippen LogP contribution in [-0.4, -0.2) is 41.6 Å². The van der Waals surface area contributed by atoms with Crippen molar-refractivity contribution in [3.63, 3.8) is 0 Å². The van der Waals surface area contributed by atoms with Crippen molar-refractivity contribution in [2.75, 3.05) is 19.5 Å². The first-order chi connectivity index (χ1) is 15.5. The minimum Gasteiger partial charge on any atom is -0.497 e. The van der Waals surface area contributed by atoms with Gasteiger partial charge in [0, 0.05) is 24.3 Å². The summed E-state index contributed by atoms with van der Waals surface area (Å²) in [5.74, 6) is 1.65. The van der Waals surface area contributed by atoms with Crippen molar-refractivity contribution in [1.29, 1.82) is 0 Å². The molecule has 1 aromatic carbocycles. The number of amides is 1. The predicted molar refractivity (Wildman–Crippen MR) is 117 cm³/mol. The number of nitrogens with one attached hydrogen (secondary N) is 2. The van der Waals surface area contributed by atoms with Crippen LogP contribution in [0.5, 0.6) is 11.5 Å². The average molecular weight is 444 g/mol. The van der Waals surface area contributed by atoms with Crippen LogP contribution in [0.25, 0.3) is 5.65 Å². The molecule has 2 N–H and O–H groups in total. The van der Waals surface area contributed by atoms with Crippen molar-refractivity contribution in [2.24, 2.45) is 0 Å². The van der Waals surface area contributed by atoms with E-state index in [1.807, 2.05) is 6.07 Å². The number of aromatic nitrogens is 2. The molecule has 7 nitrogen and oxygen atoms in total. The summed E-state index contributed by atoms with van der Waals surface area (Å²) in [6, 6.07) is 10.7. The normalized spacial score (nSPS) is 18.5. The van der Waals surface area contributed by atoms with Gasteiger partial charge in [-0.1, -0.05) is 6.07 Å². The number of hydrogen-bond donors (Lipinski definition) is 2.